The maximum Gasteiger partial charge on any atom is 0.245 e. The molecule has 0 radical (unpaired) electrons. The molecule has 1 saturated heterocycles. The van der Waals surface area contributed by atoms with E-state index in [0.717, 1.165) is 43.6 Å². The van der Waals surface area contributed by atoms with Crippen molar-refractivity contribution in [3.8, 4) is 0 Å². The van der Waals surface area contributed by atoms with Gasteiger partial charge in [-0.05, 0) is 38.3 Å². The zero-order valence-corrected chi connectivity index (χ0v) is 14.7. The van der Waals surface area contributed by atoms with Crippen molar-refractivity contribution in [2.24, 2.45) is 0 Å². The van der Waals surface area contributed by atoms with Gasteiger partial charge in [-0.15, -0.1) is 11.3 Å². The average Bonchev–Trinajstić information content (AvgIpc) is 3.21. The molecule has 8 heteroatoms. The Hall–Kier alpha value is 0.150. The lowest BCUT2D eigenvalue weighted by Crippen LogP contribution is -2.46. The lowest BCUT2D eigenvalue weighted by Gasteiger charge is -2.30. The molecule has 1 aromatic rings. The van der Waals surface area contributed by atoms with Crippen molar-refractivity contribution in [1.82, 2.24) is 9.62 Å². The fourth-order valence-corrected chi connectivity index (χ4v) is 6.58. The van der Waals surface area contributed by atoms with Crippen LogP contribution in [0.4, 0.5) is 0 Å². The van der Waals surface area contributed by atoms with E-state index >= 15 is 0 Å². The minimum Gasteiger partial charge on any atom is -0.313 e. The number of thiophene rings is 1. The number of nitrogens with one attached hydrogen (secondary N) is 1. The predicted octanol–water partition coefficient (Wildman–Crippen LogP) is 3.35. The Bertz CT molecular complexity index is 608. The zero-order valence-electron chi connectivity index (χ0n) is 11.5. The van der Waals surface area contributed by atoms with Gasteiger partial charge in [0.05, 0.1) is 4.34 Å². The number of halogens is 2. The second kappa shape index (κ2) is 6.34. The van der Waals surface area contributed by atoms with Crippen LogP contribution in [0.5, 0.6) is 0 Å². The quantitative estimate of drug-likeness (QED) is 0.866. The van der Waals surface area contributed by atoms with E-state index in [2.05, 4.69) is 5.32 Å². The Morgan fingerprint density at radius 3 is 2.57 bits per heavy atom. The summed E-state index contributed by atoms with van der Waals surface area (Å²) in [6.07, 6.45) is 5.21. The third-order valence-electron chi connectivity index (χ3n) is 3.98. The molecule has 1 aliphatic carbocycles. The maximum absolute atomic E-state index is 12.9. The molecule has 0 spiro atoms. The fourth-order valence-electron chi connectivity index (χ4n) is 2.73. The SMILES string of the molecule is O=S(=O)(c1cc(Cl)sc1Cl)N(CC1CCCCN1)C1CC1. The first-order chi connectivity index (χ1) is 9.98. The largest absolute Gasteiger partial charge is 0.313 e. The number of piperidine rings is 1. The summed E-state index contributed by atoms with van der Waals surface area (Å²) < 4.78 is 28.1. The van der Waals surface area contributed by atoms with Crippen LogP contribution in [0.25, 0.3) is 0 Å². The van der Waals surface area contributed by atoms with Gasteiger partial charge in [0.15, 0.2) is 0 Å². The van der Waals surface area contributed by atoms with E-state index in [1.54, 1.807) is 4.31 Å². The lowest BCUT2D eigenvalue weighted by molar-refractivity contribution is 0.307. The highest BCUT2D eigenvalue weighted by atomic mass is 35.5. The van der Waals surface area contributed by atoms with Gasteiger partial charge < -0.3 is 5.32 Å². The van der Waals surface area contributed by atoms with Crippen LogP contribution in [0.3, 0.4) is 0 Å². The number of hydrogen-bond acceptors (Lipinski definition) is 4. The standard InChI is InChI=1S/C13H18Cl2N2O2S2/c14-12-7-11(13(15)20-12)21(18,19)17(10-4-5-10)8-9-3-1-2-6-16-9/h7,9-10,16H,1-6,8H2. The van der Waals surface area contributed by atoms with Crippen LogP contribution in [0, 0.1) is 0 Å². The first kappa shape index (κ1) is 16.0. The third-order valence-corrected chi connectivity index (χ3v) is 7.65. The van der Waals surface area contributed by atoms with Gasteiger partial charge in [0.25, 0.3) is 0 Å². The van der Waals surface area contributed by atoms with Gasteiger partial charge >= 0.3 is 0 Å². The van der Waals surface area contributed by atoms with Crippen molar-refractivity contribution in [2.75, 3.05) is 13.1 Å². The summed E-state index contributed by atoms with van der Waals surface area (Å²) in [5.74, 6) is 0. The minimum atomic E-state index is -3.56. The Balaban J connectivity index is 1.84. The van der Waals surface area contributed by atoms with E-state index < -0.39 is 10.0 Å². The minimum absolute atomic E-state index is 0.119. The van der Waals surface area contributed by atoms with E-state index in [1.807, 2.05) is 0 Å². The Morgan fingerprint density at radius 2 is 2.05 bits per heavy atom. The molecule has 1 atom stereocenters. The van der Waals surface area contributed by atoms with Crippen LogP contribution < -0.4 is 5.32 Å². The van der Waals surface area contributed by atoms with Gasteiger partial charge in [-0.25, -0.2) is 8.42 Å². The van der Waals surface area contributed by atoms with E-state index in [-0.39, 0.29) is 21.3 Å². The average molecular weight is 369 g/mol. The van der Waals surface area contributed by atoms with Gasteiger partial charge in [0.1, 0.15) is 9.23 Å². The molecule has 3 rings (SSSR count). The van der Waals surface area contributed by atoms with Crippen LogP contribution >= 0.6 is 34.5 Å². The first-order valence-corrected chi connectivity index (χ1v) is 10.2. The molecule has 2 heterocycles. The van der Waals surface area contributed by atoms with Gasteiger partial charge in [0, 0.05) is 18.6 Å². The molecule has 21 heavy (non-hydrogen) atoms. The molecule has 1 saturated carbocycles. The summed E-state index contributed by atoms with van der Waals surface area (Å²) in [4.78, 5) is 0.155. The van der Waals surface area contributed by atoms with E-state index in [1.165, 1.54) is 12.5 Å². The first-order valence-electron chi connectivity index (χ1n) is 7.18. The highest BCUT2D eigenvalue weighted by Crippen LogP contribution is 2.39. The molecule has 1 N–H and O–H groups in total. The van der Waals surface area contributed by atoms with Gasteiger partial charge in [-0.1, -0.05) is 29.6 Å². The number of nitrogens with zero attached hydrogens (tertiary/aromatic N) is 1. The molecular formula is C13H18Cl2N2O2S2. The molecule has 1 aliphatic heterocycles. The number of rotatable bonds is 5. The van der Waals surface area contributed by atoms with E-state index in [9.17, 15) is 8.42 Å². The summed E-state index contributed by atoms with van der Waals surface area (Å²) in [6.45, 7) is 1.49. The molecule has 0 aromatic carbocycles. The molecule has 0 amide bonds. The monoisotopic (exact) mass is 368 g/mol. The van der Waals surface area contributed by atoms with Crippen molar-refractivity contribution in [3.05, 3.63) is 14.7 Å². The molecular weight excluding hydrogens is 351 g/mol. The van der Waals surface area contributed by atoms with Gasteiger partial charge in [-0.2, -0.15) is 4.31 Å². The van der Waals surface area contributed by atoms with Crippen molar-refractivity contribution in [2.45, 2.75) is 49.1 Å². The summed E-state index contributed by atoms with van der Waals surface area (Å²) in [6, 6.07) is 1.82. The summed E-state index contributed by atoms with van der Waals surface area (Å²) in [5.41, 5.74) is 0. The molecule has 0 bridgehead atoms. The molecule has 118 valence electrons. The predicted molar refractivity (Wildman–Crippen MR) is 86.9 cm³/mol. The molecule has 1 aromatic heterocycles. The second-order valence-corrected chi connectivity index (χ2v) is 9.79. The van der Waals surface area contributed by atoms with Gasteiger partial charge in [-0.3, -0.25) is 0 Å². The highest BCUT2D eigenvalue weighted by molar-refractivity contribution is 7.89. The van der Waals surface area contributed by atoms with Crippen molar-refractivity contribution < 1.29 is 8.42 Å². The van der Waals surface area contributed by atoms with E-state index in [4.69, 9.17) is 23.2 Å². The van der Waals surface area contributed by atoms with Crippen LogP contribution in [-0.2, 0) is 10.0 Å². The normalized spacial score (nSPS) is 23.7. The van der Waals surface area contributed by atoms with Crippen LogP contribution in [0.15, 0.2) is 11.0 Å². The van der Waals surface area contributed by atoms with Crippen molar-refractivity contribution >= 4 is 44.6 Å². The Morgan fingerprint density at radius 1 is 1.29 bits per heavy atom. The number of hydrogen-bond donors (Lipinski definition) is 1. The zero-order chi connectivity index (χ0) is 15.0. The lowest BCUT2D eigenvalue weighted by atomic mass is 10.1. The number of sulfonamides is 1. The highest BCUT2D eigenvalue weighted by Gasteiger charge is 2.40. The summed E-state index contributed by atoms with van der Waals surface area (Å²) >= 11 is 13.1. The summed E-state index contributed by atoms with van der Waals surface area (Å²) in [7, 11) is -3.56. The Labute approximate surface area is 139 Å². The second-order valence-electron chi connectivity index (χ2n) is 5.64. The molecule has 4 nitrogen and oxygen atoms in total. The topological polar surface area (TPSA) is 49.4 Å². The van der Waals surface area contributed by atoms with Crippen molar-refractivity contribution in [3.63, 3.8) is 0 Å². The van der Waals surface area contributed by atoms with Gasteiger partial charge in [0.2, 0.25) is 10.0 Å². The van der Waals surface area contributed by atoms with Crippen molar-refractivity contribution in [1.29, 1.82) is 0 Å². The van der Waals surface area contributed by atoms with E-state index in [0.29, 0.717) is 10.9 Å². The van der Waals surface area contributed by atoms with Crippen LogP contribution in [0.1, 0.15) is 32.1 Å². The summed E-state index contributed by atoms with van der Waals surface area (Å²) in [5, 5.41) is 3.41. The third kappa shape index (κ3) is 3.57. The molecule has 2 fully saturated rings. The maximum atomic E-state index is 12.9. The Kier molecular flexibility index (Phi) is 4.83. The van der Waals surface area contributed by atoms with Crippen LogP contribution in [-0.4, -0.2) is 37.9 Å². The van der Waals surface area contributed by atoms with Crippen LogP contribution in [0.2, 0.25) is 8.67 Å². The fraction of sp³-hybridized carbons (Fsp3) is 0.692. The molecule has 2 aliphatic rings. The smallest absolute Gasteiger partial charge is 0.245 e. The molecule has 1 unspecified atom stereocenters.